The second-order valence-corrected chi connectivity index (χ2v) is 9.61. The average Bonchev–Trinajstić information content (AvgIpc) is 2.38. The van der Waals surface area contributed by atoms with Gasteiger partial charge in [-0.3, -0.25) is 0 Å². The van der Waals surface area contributed by atoms with E-state index in [0.717, 1.165) is 4.31 Å². The third kappa shape index (κ3) is 4.98. The summed E-state index contributed by atoms with van der Waals surface area (Å²) in [6.45, 7) is 3.35. The van der Waals surface area contributed by atoms with Gasteiger partial charge in [0.05, 0.1) is 10.6 Å². The quantitative estimate of drug-likeness (QED) is 0.809. The number of nitrogens with zero attached hydrogens (tertiary/aromatic N) is 1. The maximum absolute atomic E-state index is 12.0. The van der Waals surface area contributed by atoms with E-state index in [-0.39, 0.29) is 22.4 Å². The number of benzene rings is 1. The maximum Gasteiger partial charge on any atom is 0.242 e. The molecule has 120 valence electrons. The zero-order chi connectivity index (χ0) is 16.3. The minimum Gasteiger partial charge on any atom is -0.382 e. The molecule has 6 nitrogen and oxygen atoms in total. The van der Waals surface area contributed by atoms with Gasteiger partial charge < -0.3 is 5.32 Å². The molecule has 1 rings (SSSR count). The van der Waals surface area contributed by atoms with E-state index in [2.05, 4.69) is 5.32 Å². The summed E-state index contributed by atoms with van der Waals surface area (Å²) >= 11 is 0. The lowest BCUT2D eigenvalue weighted by atomic mass is 10.3. The Hall–Kier alpha value is -1.12. The van der Waals surface area contributed by atoms with Gasteiger partial charge in [-0.05, 0) is 25.1 Å². The number of hydrogen-bond acceptors (Lipinski definition) is 5. The Labute approximate surface area is 127 Å². The van der Waals surface area contributed by atoms with Crippen LogP contribution in [0.15, 0.2) is 29.2 Å². The Morgan fingerprint density at radius 3 is 2.33 bits per heavy atom. The highest BCUT2D eigenvalue weighted by atomic mass is 32.2. The van der Waals surface area contributed by atoms with E-state index in [1.165, 1.54) is 26.2 Å². The molecule has 1 N–H and O–H groups in total. The third-order valence-corrected chi connectivity index (χ3v) is 6.67. The Kier molecular flexibility index (Phi) is 5.77. The average molecular weight is 334 g/mol. The first-order valence-electron chi connectivity index (χ1n) is 6.58. The molecule has 0 spiro atoms. The molecule has 0 amide bonds. The van der Waals surface area contributed by atoms with E-state index in [0.29, 0.717) is 5.69 Å². The van der Waals surface area contributed by atoms with Gasteiger partial charge in [0.2, 0.25) is 10.0 Å². The van der Waals surface area contributed by atoms with Gasteiger partial charge in [0.1, 0.15) is 0 Å². The smallest absolute Gasteiger partial charge is 0.242 e. The summed E-state index contributed by atoms with van der Waals surface area (Å²) in [5.41, 5.74) is 0.580. The third-order valence-electron chi connectivity index (χ3n) is 2.97. The van der Waals surface area contributed by atoms with Crippen LogP contribution in [0.1, 0.15) is 13.8 Å². The topological polar surface area (TPSA) is 83.5 Å². The second-order valence-electron chi connectivity index (χ2n) is 5.06. The van der Waals surface area contributed by atoms with Crippen molar-refractivity contribution in [2.75, 3.05) is 30.9 Å². The molecular formula is C13H22N2O4S2. The fourth-order valence-corrected chi connectivity index (χ4v) is 3.81. The fourth-order valence-electron chi connectivity index (χ4n) is 1.78. The molecule has 0 radical (unpaired) electrons. The number of sulfonamides is 1. The molecule has 1 unspecified atom stereocenters. The summed E-state index contributed by atoms with van der Waals surface area (Å²) < 4.78 is 48.4. The van der Waals surface area contributed by atoms with Gasteiger partial charge in [0.25, 0.3) is 0 Å². The van der Waals surface area contributed by atoms with Crippen LogP contribution in [0, 0.1) is 0 Å². The summed E-state index contributed by atoms with van der Waals surface area (Å²) in [7, 11) is -3.65. The molecule has 0 saturated heterocycles. The van der Waals surface area contributed by atoms with Gasteiger partial charge in [-0.25, -0.2) is 21.1 Å². The monoisotopic (exact) mass is 334 g/mol. The van der Waals surface area contributed by atoms with E-state index < -0.39 is 19.9 Å². The van der Waals surface area contributed by atoms with Crippen molar-refractivity contribution in [1.82, 2.24) is 4.31 Å². The van der Waals surface area contributed by atoms with Crippen molar-refractivity contribution in [3.8, 4) is 0 Å². The molecule has 1 aromatic rings. The van der Waals surface area contributed by atoms with Gasteiger partial charge in [0, 0.05) is 31.6 Å². The van der Waals surface area contributed by atoms with Gasteiger partial charge in [0.15, 0.2) is 9.84 Å². The highest BCUT2D eigenvalue weighted by Gasteiger charge is 2.18. The van der Waals surface area contributed by atoms with Crippen LogP contribution in [-0.2, 0) is 19.9 Å². The predicted octanol–water partition coefficient (Wildman–Crippen LogP) is 1.17. The van der Waals surface area contributed by atoms with Crippen LogP contribution in [-0.4, -0.2) is 52.8 Å². The maximum atomic E-state index is 12.0. The predicted molar refractivity (Wildman–Crippen MR) is 84.7 cm³/mol. The van der Waals surface area contributed by atoms with E-state index in [9.17, 15) is 16.8 Å². The van der Waals surface area contributed by atoms with Crippen molar-refractivity contribution in [3.05, 3.63) is 24.3 Å². The number of rotatable bonds is 7. The minimum atomic E-state index is -3.50. The molecular weight excluding hydrogens is 312 g/mol. The summed E-state index contributed by atoms with van der Waals surface area (Å²) in [5, 5.41) is 3.02. The lowest BCUT2D eigenvalue weighted by Crippen LogP contribution is -2.27. The Morgan fingerprint density at radius 1 is 1.19 bits per heavy atom. The van der Waals surface area contributed by atoms with Crippen molar-refractivity contribution in [2.24, 2.45) is 0 Å². The Morgan fingerprint density at radius 2 is 1.81 bits per heavy atom. The SMILES string of the molecule is CCS(=O)(=O)CC(C)Nc1cccc(S(=O)(=O)N(C)C)c1. The molecule has 0 bridgehead atoms. The first-order valence-corrected chi connectivity index (χ1v) is 9.84. The summed E-state index contributed by atoms with van der Waals surface area (Å²) in [4.78, 5) is 0.169. The molecule has 0 aliphatic rings. The van der Waals surface area contributed by atoms with Gasteiger partial charge in [-0.15, -0.1) is 0 Å². The van der Waals surface area contributed by atoms with Crippen LogP contribution in [0.2, 0.25) is 0 Å². The standard InChI is InChI=1S/C13H22N2O4S2/c1-5-20(16,17)10-11(2)14-12-7-6-8-13(9-12)21(18,19)15(3)4/h6-9,11,14H,5,10H2,1-4H3. The van der Waals surface area contributed by atoms with E-state index >= 15 is 0 Å². The zero-order valence-electron chi connectivity index (χ0n) is 12.7. The van der Waals surface area contributed by atoms with Gasteiger partial charge >= 0.3 is 0 Å². The van der Waals surface area contributed by atoms with Crippen LogP contribution in [0.25, 0.3) is 0 Å². The van der Waals surface area contributed by atoms with Crippen molar-refractivity contribution >= 4 is 25.5 Å². The normalized spacial score (nSPS) is 14.1. The van der Waals surface area contributed by atoms with Crippen LogP contribution in [0.4, 0.5) is 5.69 Å². The highest BCUT2D eigenvalue weighted by Crippen LogP contribution is 2.18. The molecule has 21 heavy (non-hydrogen) atoms. The van der Waals surface area contributed by atoms with Gasteiger partial charge in [-0.2, -0.15) is 0 Å². The summed E-state index contributed by atoms with van der Waals surface area (Å²) in [6, 6.07) is 6.05. The van der Waals surface area contributed by atoms with Crippen LogP contribution < -0.4 is 5.32 Å². The number of anilines is 1. The summed E-state index contributed by atoms with van der Waals surface area (Å²) in [5.74, 6) is 0.0994. The van der Waals surface area contributed by atoms with E-state index in [4.69, 9.17) is 0 Å². The van der Waals surface area contributed by atoms with Crippen molar-refractivity contribution in [3.63, 3.8) is 0 Å². The molecule has 0 saturated carbocycles. The molecule has 0 aliphatic heterocycles. The largest absolute Gasteiger partial charge is 0.382 e. The lowest BCUT2D eigenvalue weighted by Gasteiger charge is -2.17. The minimum absolute atomic E-state index is 0.00809. The molecule has 8 heteroatoms. The fraction of sp³-hybridized carbons (Fsp3) is 0.538. The first-order chi connectivity index (χ1) is 9.58. The van der Waals surface area contributed by atoms with Gasteiger partial charge in [-0.1, -0.05) is 13.0 Å². The van der Waals surface area contributed by atoms with Crippen molar-refractivity contribution in [2.45, 2.75) is 24.8 Å². The Bertz CT molecular complexity index is 682. The molecule has 0 heterocycles. The van der Waals surface area contributed by atoms with Crippen LogP contribution >= 0.6 is 0 Å². The highest BCUT2D eigenvalue weighted by molar-refractivity contribution is 7.91. The zero-order valence-corrected chi connectivity index (χ0v) is 14.3. The molecule has 1 aromatic carbocycles. The number of hydrogen-bond donors (Lipinski definition) is 1. The van der Waals surface area contributed by atoms with Crippen LogP contribution in [0.3, 0.4) is 0 Å². The molecule has 0 fully saturated rings. The van der Waals surface area contributed by atoms with E-state index in [1.54, 1.807) is 26.0 Å². The van der Waals surface area contributed by atoms with Crippen molar-refractivity contribution in [1.29, 1.82) is 0 Å². The summed E-state index contributed by atoms with van der Waals surface area (Å²) in [6.07, 6.45) is 0. The van der Waals surface area contributed by atoms with Crippen LogP contribution in [0.5, 0.6) is 0 Å². The lowest BCUT2D eigenvalue weighted by molar-refractivity contribution is 0.520. The van der Waals surface area contributed by atoms with Crippen molar-refractivity contribution < 1.29 is 16.8 Å². The molecule has 0 aliphatic carbocycles. The first kappa shape index (κ1) is 17.9. The number of nitrogens with one attached hydrogen (secondary N) is 1. The number of sulfone groups is 1. The second kappa shape index (κ2) is 6.76. The Balaban J connectivity index is 2.92. The van der Waals surface area contributed by atoms with E-state index in [1.807, 2.05) is 0 Å². The molecule has 1 atom stereocenters. The molecule has 0 aromatic heterocycles.